The van der Waals surface area contributed by atoms with Crippen LogP contribution in [-0.2, 0) is 4.74 Å². The highest BCUT2D eigenvalue weighted by molar-refractivity contribution is 14.1. The van der Waals surface area contributed by atoms with Gasteiger partial charge in [-0.3, -0.25) is 0 Å². The topological polar surface area (TPSA) is 47.7 Å². The minimum Gasteiger partial charge on any atom is -0.595 e. The first-order chi connectivity index (χ1) is 8.20. The van der Waals surface area contributed by atoms with Crippen LogP contribution in [0.25, 0.3) is 0 Å². The van der Waals surface area contributed by atoms with Gasteiger partial charge in [0.05, 0.1) is 6.61 Å². The first kappa shape index (κ1) is 16.4. The average molecular weight is 350 g/mol. The van der Waals surface area contributed by atoms with Crippen LogP contribution in [0.15, 0.2) is 17.4 Å². The molecule has 0 radical (unpaired) electrons. The van der Waals surface area contributed by atoms with Crippen LogP contribution in [0.3, 0.4) is 0 Å². The van der Waals surface area contributed by atoms with Gasteiger partial charge in [0, 0.05) is 22.6 Å². The quantitative estimate of drug-likeness (QED) is 0.168. The van der Waals surface area contributed by atoms with E-state index in [1.165, 1.54) is 6.20 Å². The Morgan fingerprint density at radius 1 is 1.59 bits per heavy atom. The van der Waals surface area contributed by atoms with Crippen molar-refractivity contribution in [3.8, 4) is 9.85 Å². The van der Waals surface area contributed by atoms with Gasteiger partial charge in [0.15, 0.2) is 0 Å². The molecule has 0 aromatic rings. The summed E-state index contributed by atoms with van der Waals surface area (Å²) in [6.45, 7) is 4.74. The van der Waals surface area contributed by atoms with Crippen molar-refractivity contribution >= 4 is 22.6 Å². The molecule has 0 aliphatic rings. The monoisotopic (exact) mass is 350 g/mol. The molecule has 0 aliphatic carbocycles. The summed E-state index contributed by atoms with van der Waals surface area (Å²) in [5.41, 5.74) is 0. The van der Waals surface area contributed by atoms with Crippen molar-refractivity contribution in [2.45, 2.75) is 39.2 Å². The Labute approximate surface area is 117 Å². The molecular weight excluding hydrogens is 331 g/mol. The highest BCUT2D eigenvalue weighted by Crippen LogP contribution is 1.97. The maximum Gasteiger partial charge on any atom is 0.205 e. The molecule has 1 unspecified atom stereocenters. The zero-order chi connectivity index (χ0) is 12.9. The van der Waals surface area contributed by atoms with Gasteiger partial charge in [-0.25, -0.2) is 0 Å². The molecule has 0 saturated carbocycles. The van der Waals surface area contributed by atoms with Gasteiger partial charge in [-0.05, 0) is 34.9 Å². The summed E-state index contributed by atoms with van der Waals surface area (Å²) in [5, 5.41) is 15.2. The lowest BCUT2D eigenvalue weighted by Crippen LogP contribution is -2.11. The summed E-state index contributed by atoms with van der Waals surface area (Å²) in [7, 11) is 0. The molecule has 5 heteroatoms. The second kappa shape index (κ2) is 11.9. The Hall–Kier alpha value is -0.610. The molecule has 0 aliphatic heterocycles. The summed E-state index contributed by atoms with van der Waals surface area (Å²) >= 11 is 1.95. The van der Waals surface area contributed by atoms with Crippen LogP contribution in [0.4, 0.5) is 0 Å². The molecule has 0 saturated heterocycles. The first-order valence-electron chi connectivity index (χ1n) is 5.70. The molecule has 0 fully saturated rings. The van der Waals surface area contributed by atoms with Crippen molar-refractivity contribution in [3.05, 3.63) is 17.5 Å². The van der Waals surface area contributed by atoms with Crippen LogP contribution in [0.1, 0.15) is 33.1 Å². The van der Waals surface area contributed by atoms with E-state index in [0.717, 1.165) is 19.3 Å². The Morgan fingerprint density at radius 3 is 3.00 bits per heavy atom. The predicted octanol–water partition coefficient (Wildman–Crippen LogP) is 3.45. The maximum atomic E-state index is 11.3. The number of ether oxygens (including phenoxy) is 1. The van der Waals surface area contributed by atoms with Crippen LogP contribution < -0.4 is 0 Å². The van der Waals surface area contributed by atoms with Gasteiger partial charge >= 0.3 is 0 Å². The van der Waals surface area contributed by atoms with Crippen LogP contribution in [0.2, 0.25) is 0 Å². The summed E-state index contributed by atoms with van der Waals surface area (Å²) in [6, 6.07) is -0.153. The minimum atomic E-state index is -0.153. The van der Waals surface area contributed by atoms with E-state index in [1.54, 1.807) is 0 Å². The third kappa shape index (κ3) is 11.6. The number of azo groups is 1. The number of rotatable bonds is 8. The molecule has 0 N–H and O–H groups in total. The molecule has 4 nitrogen and oxygen atoms in total. The lowest BCUT2D eigenvalue weighted by Gasteiger charge is -2.03. The average Bonchev–Trinajstić information content (AvgIpc) is 2.30. The lowest BCUT2D eigenvalue weighted by molar-refractivity contribution is -0.462. The predicted molar refractivity (Wildman–Crippen MR) is 76.8 cm³/mol. The number of hydrogen-bond donors (Lipinski definition) is 0. The zero-order valence-electron chi connectivity index (χ0n) is 10.4. The SMILES string of the molecule is CCCCC=C[N+]([O-])=NC(C)COCC#CI. The van der Waals surface area contributed by atoms with Crippen LogP contribution in [0.5, 0.6) is 0 Å². The van der Waals surface area contributed by atoms with Gasteiger partial charge in [-0.1, -0.05) is 24.1 Å². The minimum absolute atomic E-state index is 0.153. The molecule has 0 aromatic carbocycles. The van der Waals surface area contributed by atoms with Crippen LogP contribution >= 0.6 is 22.6 Å². The van der Waals surface area contributed by atoms with E-state index in [1.807, 2.05) is 35.6 Å². The van der Waals surface area contributed by atoms with Crippen LogP contribution in [0, 0.1) is 15.1 Å². The van der Waals surface area contributed by atoms with Gasteiger partial charge in [0.25, 0.3) is 0 Å². The zero-order valence-corrected chi connectivity index (χ0v) is 12.5. The third-order valence-corrected chi connectivity index (χ3v) is 2.25. The van der Waals surface area contributed by atoms with Crippen molar-refractivity contribution in [1.29, 1.82) is 0 Å². The Kier molecular flexibility index (Phi) is 11.4. The fourth-order valence-corrected chi connectivity index (χ4v) is 1.22. The molecule has 17 heavy (non-hydrogen) atoms. The Bertz CT molecular complexity index is 305. The van der Waals surface area contributed by atoms with Crippen molar-refractivity contribution in [2.24, 2.45) is 5.11 Å². The largest absolute Gasteiger partial charge is 0.595 e. The van der Waals surface area contributed by atoms with Gasteiger partial charge in [0.2, 0.25) is 6.20 Å². The molecular formula is C12H19IN2O2. The first-order valence-corrected chi connectivity index (χ1v) is 6.78. The number of nitrogens with zero attached hydrogens (tertiary/aromatic N) is 2. The summed E-state index contributed by atoms with van der Waals surface area (Å²) in [6.07, 6.45) is 6.44. The van der Waals surface area contributed by atoms with E-state index in [-0.39, 0.29) is 6.04 Å². The Morgan fingerprint density at radius 2 is 2.35 bits per heavy atom. The molecule has 0 bridgehead atoms. The molecule has 0 amide bonds. The van der Waals surface area contributed by atoms with E-state index in [0.29, 0.717) is 18.1 Å². The van der Waals surface area contributed by atoms with Gasteiger partial charge in [-0.15, -0.1) is 0 Å². The lowest BCUT2D eigenvalue weighted by atomic mass is 10.2. The summed E-state index contributed by atoms with van der Waals surface area (Å²) in [4.78, 5) is 0.605. The fourth-order valence-electron chi connectivity index (χ4n) is 1.06. The van der Waals surface area contributed by atoms with Gasteiger partial charge < -0.3 is 9.94 Å². The Balaban J connectivity index is 3.83. The number of allylic oxidation sites excluding steroid dienone is 1. The normalized spacial score (nSPS) is 13.5. The second-order valence-electron chi connectivity index (χ2n) is 3.58. The van der Waals surface area contributed by atoms with Crippen LogP contribution in [-0.4, -0.2) is 24.1 Å². The van der Waals surface area contributed by atoms with Crippen molar-refractivity contribution < 1.29 is 9.60 Å². The molecule has 96 valence electrons. The number of hydrogen-bond acceptors (Lipinski definition) is 3. The highest BCUT2D eigenvalue weighted by Gasteiger charge is 2.03. The fraction of sp³-hybridized carbons (Fsp3) is 0.667. The van der Waals surface area contributed by atoms with E-state index < -0.39 is 0 Å². The van der Waals surface area contributed by atoms with E-state index in [9.17, 15) is 5.21 Å². The molecule has 0 heterocycles. The molecule has 0 spiro atoms. The molecule has 0 aromatic heterocycles. The number of halogens is 1. The van der Waals surface area contributed by atoms with Crippen molar-refractivity contribution in [2.75, 3.05) is 13.2 Å². The number of hydroxylamine groups is 1. The van der Waals surface area contributed by atoms with E-state index in [2.05, 4.69) is 21.9 Å². The van der Waals surface area contributed by atoms with E-state index >= 15 is 0 Å². The van der Waals surface area contributed by atoms with Crippen molar-refractivity contribution in [1.82, 2.24) is 0 Å². The molecule has 1 atom stereocenters. The highest BCUT2D eigenvalue weighted by atomic mass is 127. The smallest absolute Gasteiger partial charge is 0.205 e. The van der Waals surface area contributed by atoms with Gasteiger partial charge in [0.1, 0.15) is 12.6 Å². The third-order valence-electron chi connectivity index (χ3n) is 1.87. The van der Waals surface area contributed by atoms with Crippen molar-refractivity contribution in [3.63, 3.8) is 0 Å². The standard InChI is InChI=1S/C12H19IN2O2/c1-3-4-5-6-9-15(16)14-12(2)11-17-10-7-8-13/h6,9,12H,3-5,10-11H2,1-2H3. The number of unbranched alkanes of at least 4 members (excludes halogenated alkanes) is 2. The van der Waals surface area contributed by atoms with E-state index in [4.69, 9.17) is 4.74 Å². The maximum absolute atomic E-state index is 11.3. The second-order valence-corrected chi connectivity index (χ2v) is 4.12. The van der Waals surface area contributed by atoms with Gasteiger partial charge in [-0.2, -0.15) is 0 Å². The summed E-state index contributed by atoms with van der Waals surface area (Å²) in [5.74, 6) is 2.77. The molecule has 0 rings (SSSR count). The summed E-state index contributed by atoms with van der Waals surface area (Å²) < 4.78 is 7.92.